The highest BCUT2D eigenvalue weighted by Gasteiger charge is 2.18. The molecule has 0 saturated heterocycles. The zero-order valence-corrected chi connectivity index (χ0v) is 13.8. The third kappa shape index (κ3) is 3.84. The molecule has 0 saturated carbocycles. The molecule has 0 spiro atoms. The van der Waals surface area contributed by atoms with Crippen LogP contribution in [0.5, 0.6) is 11.5 Å². The molecule has 0 aromatic heterocycles. The molecule has 0 radical (unpaired) electrons. The zero-order valence-electron chi connectivity index (χ0n) is 10.7. The van der Waals surface area contributed by atoms with E-state index < -0.39 is 4.83 Å². The molecule has 2 aromatic carbocycles. The molecule has 0 N–H and O–H groups in total. The van der Waals surface area contributed by atoms with E-state index in [0.717, 1.165) is 15.8 Å². The second-order valence-corrected chi connectivity index (χ2v) is 5.85. The number of alkyl halides is 1. The summed E-state index contributed by atoms with van der Waals surface area (Å²) in [5.41, 5.74) is 0.784. The minimum absolute atomic E-state index is 0.342. The Labute approximate surface area is 134 Å². The third-order valence-electron chi connectivity index (χ3n) is 2.61. The van der Waals surface area contributed by atoms with Gasteiger partial charge < -0.3 is 9.47 Å². The van der Waals surface area contributed by atoms with Gasteiger partial charge in [0.2, 0.25) is 0 Å². The van der Waals surface area contributed by atoms with E-state index in [9.17, 15) is 4.79 Å². The summed E-state index contributed by atoms with van der Waals surface area (Å²) in [6, 6.07) is 14.8. The highest BCUT2D eigenvalue weighted by atomic mass is 79.9. The van der Waals surface area contributed by atoms with Gasteiger partial charge in [-0.05, 0) is 42.0 Å². The maximum absolute atomic E-state index is 11.5. The number of carbonyl (C=O) groups excluding carboxylic acids is 1. The van der Waals surface area contributed by atoms with E-state index in [1.165, 1.54) is 7.11 Å². The van der Waals surface area contributed by atoms with Gasteiger partial charge in [-0.1, -0.05) is 44.0 Å². The minimum Gasteiger partial charge on any atom is -0.468 e. The summed E-state index contributed by atoms with van der Waals surface area (Å²) in [6.07, 6.45) is 0. The Kier molecular flexibility index (Phi) is 5.20. The molecule has 20 heavy (non-hydrogen) atoms. The van der Waals surface area contributed by atoms with Crippen molar-refractivity contribution in [1.82, 2.24) is 0 Å². The number of carbonyl (C=O) groups is 1. The average molecular weight is 400 g/mol. The molecule has 0 aliphatic rings. The van der Waals surface area contributed by atoms with E-state index in [1.807, 2.05) is 42.5 Å². The molecule has 0 heterocycles. The maximum atomic E-state index is 11.5. The molecule has 0 aliphatic carbocycles. The van der Waals surface area contributed by atoms with Crippen molar-refractivity contribution in [2.24, 2.45) is 0 Å². The average Bonchev–Trinajstić information content (AvgIpc) is 2.48. The zero-order chi connectivity index (χ0) is 14.5. The van der Waals surface area contributed by atoms with E-state index in [1.54, 1.807) is 6.07 Å². The first-order valence-electron chi connectivity index (χ1n) is 5.85. The van der Waals surface area contributed by atoms with Crippen LogP contribution in [0.15, 0.2) is 53.0 Å². The van der Waals surface area contributed by atoms with Crippen LogP contribution in [-0.2, 0) is 9.53 Å². The predicted molar refractivity (Wildman–Crippen MR) is 84.3 cm³/mol. The van der Waals surface area contributed by atoms with Gasteiger partial charge in [-0.2, -0.15) is 0 Å². The molecular weight excluding hydrogens is 388 g/mol. The van der Waals surface area contributed by atoms with Crippen molar-refractivity contribution in [2.75, 3.05) is 7.11 Å². The van der Waals surface area contributed by atoms with Crippen molar-refractivity contribution in [3.8, 4) is 11.5 Å². The lowest BCUT2D eigenvalue weighted by Gasteiger charge is -2.10. The molecule has 0 fully saturated rings. The Morgan fingerprint density at radius 1 is 1.10 bits per heavy atom. The number of methoxy groups -OCH3 is 1. The van der Waals surface area contributed by atoms with Crippen molar-refractivity contribution in [2.45, 2.75) is 4.83 Å². The Morgan fingerprint density at radius 3 is 2.45 bits per heavy atom. The number of halogens is 2. The quantitative estimate of drug-likeness (QED) is 0.544. The first-order valence-corrected chi connectivity index (χ1v) is 7.56. The van der Waals surface area contributed by atoms with E-state index >= 15 is 0 Å². The van der Waals surface area contributed by atoms with Crippen LogP contribution in [-0.4, -0.2) is 13.1 Å². The van der Waals surface area contributed by atoms with Crippen molar-refractivity contribution >= 4 is 37.8 Å². The number of ether oxygens (including phenoxy) is 2. The largest absolute Gasteiger partial charge is 0.468 e. The molecule has 2 aromatic rings. The first-order chi connectivity index (χ1) is 9.60. The van der Waals surface area contributed by atoms with Crippen molar-refractivity contribution in [3.63, 3.8) is 0 Å². The number of benzene rings is 2. The summed E-state index contributed by atoms with van der Waals surface area (Å²) in [5.74, 6) is 1.05. The molecule has 5 heteroatoms. The summed E-state index contributed by atoms with van der Waals surface area (Å²) >= 11 is 6.68. The predicted octanol–water partition coefficient (Wildman–Crippen LogP) is 4.85. The lowest BCUT2D eigenvalue weighted by molar-refractivity contribution is -0.139. The topological polar surface area (TPSA) is 35.5 Å². The lowest BCUT2D eigenvalue weighted by Crippen LogP contribution is -2.08. The SMILES string of the molecule is COC(=O)[C@H](Br)c1cccc(Oc2ccc(Br)cc2)c1. The molecule has 0 bridgehead atoms. The van der Waals surface area contributed by atoms with Crippen LogP contribution in [0.1, 0.15) is 10.4 Å². The van der Waals surface area contributed by atoms with Gasteiger partial charge in [0.15, 0.2) is 0 Å². The lowest BCUT2D eigenvalue weighted by atomic mass is 10.1. The fourth-order valence-electron chi connectivity index (χ4n) is 1.61. The summed E-state index contributed by atoms with van der Waals surface area (Å²) in [5, 5.41) is 0. The Bertz CT molecular complexity index is 596. The fourth-order valence-corrected chi connectivity index (χ4v) is 2.35. The smallest absolute Gasteiger partial charge is 0.324 e. The van der Waals surface area contributed by atoms with Gasteiger partial charge in [0.05, 0.1) is 7.11 Å². The molecule has 3 nitrogen and oxygen atoms in total. The van der Waals surface area contributed by atoms with Gasteiger partial charge in [-0.15, -0.1) is 0 Å². The van der Waals surface area contributed by atoms with E-state index in [2.05, 4.69) is 31.9 Å². The van der Waals surface area contributed by atoms with Crippen LogP contribution in [0, 0.1) is 0 Å². The molecule has 1 atom stereocenters. The Balaban J connectivity index is 2.17. The van der Waals surface area contributed by atoms with Gasteiger partial charge >= 0.3 is 5.97 Å². The molecule has 2 rings (SSSR count). The molecule has 0 unspecified atom stereocenters. The monoisotopic (exact) mass is 398 g/mol. The van der Waals surface area contributed by atoms with Gasteiger partial charge in [-0.3, -0.25) is 4.79 Å². The molecule has 104 valence electrons. The van der Waals surface area contributed by atoms with Gasteiger partial charge in [0.25, 0.3) is 0 Å². The Hall–Kier alpha value is -1.33. The first kappa shape index (κ1) is 15.1. The van der Waals surface area contributed by atoms with Crippen LogP contribution < -0.4 is 4.74 Å². The van der Waals surface area contributed by atoms with Crippen LogP contribution in [0.4, 0.5) is 0 Å². The number of hydrogen-bond acceptors (Lipinski definition) is 3. The molecule has 0 aliphatic heterocycles. The van der Waals surface area contributed by atoms with Gasteiger partial charge in [-0.25, -0.2) is 0 Å². The maximum Gasteiger partial charge on any atom is 0.324 e. The van der Waals surface area contributed by atoms with Gasteiger partial charge in [0.1, 0.15) is 16.3 Å². The number of esters is 1. The number of hydrogen-bond donors (Lipinski definition) is 0. The summed E-state index contributed by atoms with van der Waals surface area (Å²) in [6.45, 7) is 0. The fraction of sp³-hybridized carbons (Fsp3) is 0.133. The highest BCUT2D eigenvalue weighted by molar-refractivity contribution is 9.10. The summed E-state index contributed by atoms with van der Waals surface area (Å²) in [4.78, 5) is 11.0. The van der Waals surface area contributed by atoms with Gasteiger partial charge in [0, 0.05) is 4.47 Å². The molecule has 0 amide bonds. The normalized spacial score (nSPS) is 11.8. The van der Waals surface area contributed by atoms with E-state index in [4.69, 9.17) is 9.47 Å². The van der Waals surface area contributed by atoms with Crippen LogP contribution in [0.3, 0.4) is 0 Å². The summed E-state index contributed by atoms with van der Waals surface area (Å²) in [7, 11) is 1.36. The Morgan fingerprint density at radius 2 is 1.80 bits per heavy atom. The van der Waals surface area contributed by atoms with Crippen molar-refractivity contribution in [1.29, 1.82) is 0 Å². The minimum atomic E-state index is -0.499. The van der Waals surface area contributed by atoms with E-state index in [0.29, 0.717) is 5.75 Å². The summed E-state index contributed by atoms with van der Waals surface area (Å²) < 4.78 is 11.4. The number of rotatable bonds is 4. The van der Waals surface area contributed by atoms with Crippen LogP contribution in [0.25, 0.3) is 0 Å². The van der Waals surface area contributed by atoms with Crippen LogP contribution in [0.2, 0.25) is 0 Å². The standard InChI is InChI=1S/C15H12Br2O3/c1-19-15(18)14(17)10-3-2-4-13(9-10)20-12-7-5-11(16)6-8-12/h2-9,14H,1H3/t14-/m1/s1. The van der Waals surface area contributed by atoms with Crippen molar-refractivity contribution < 1.29 is 14.3 Å². The van der Waals surface area contributed by atoms with Crippen LogP contribution >= 0.6 is 31.9 Å². The molecular formula is C15H12Br2O3. The highest BCUT2D eigenvalue weighted by Crippen LogP contribution is 2.29. The van der Waals surface area contributed by atoms with Crippen molar-refractivity contribution in [3.05, 3.63) is 58.6 Å². The second kappa shape index (κ2) is 6.90. The third-order valence-corrected chi connectivity index (χ3v) is 4.04. The van der Waals surface area contributed by atoms with E-state index in [-0.39, 0.29) is 5.97 Å². The second-order valence-electron chi connectivity index (χ2n) is 4.01.